The number of carbonyl (C=O) groups excluding carboxylic acids is 12. The molecule has 0 saturated carbocycles. The number of nitrogens with one attached hydrogen (secondary N) is 12. The number of hydrogen-bond donors (Lipinski definition) is 16. The zero-order valence-corrected chi connectivity index (χ0v) is 58.7. The van der Waals surface area contributed by atoms with Gasteiger partial charge >= 0.3 is 5.97 Å². The summed E-state index contributed by atoms with van der Waals surface area (Å²) in [4.78, 5) is 192. The molecule has 30 nitrogen and oxygen atoms in total. The van der Waals surface area contributed by atoms with Gasteiger partial charge in [0, 0.05) is 59.5 Å². The minimum absolute atomic E-state index is 0.0209. The Bertz CT molecular complexity index is 3290. The molecule has 3 saturated heterocycles. The van der Waals surface area contributed by atoms with Crippen molar-refractivity contribution in [2.75, 3.05) is 42.7 Å². The average Bonchev–Trinajstić information content (AvgIpc) is 1.74. The van der Waals surface area contributed by atoms with Crippen LogP contribution in [0, 0.1) is 5.92 Å². The molecule has 2 aromatic carbocycles. The number of aromatic nitrogens is 1. The van der Waals surface area contributed by atoms with Crippen molar-refractivity contribution in [2.45, 2.75) is 184 Å². The van der Waals surface area contributed by atoms with Crippen LogP contribution in [0.4, 0.5) is 0 Å². The minimum atomic E-state index is -1.75. The Morgan fingerprint density at radius 1 is 0.602 bits per heavy atom. The molecule has 2 bridgehead atoms. The van der Waals surface area contributed by atoms with Crippen LogP contribution in [0.3, 0.4) is 0 Å². The highest BCUT2D eigenvalue weighted by Crippen LogP contribution is 2.27. The number of phenolic OH excluding ortho intramolecular Hbond substituents is 1. The standard InChI is InChI=1S/C64H92N14O16S4/c1-6-10-16-41-54(83)71-43(25-35-20-22-37(80)23-21-35)55(84)76-49(64(93)94)33-98-97-31-47-59(88)73-45(29-79)57(86)70-42(17-11-7-2)63(92)78-24-14-19-50(78)61(90)68-39(9-4)53(82)74-48(32-96-95-30-46(58(87)75-47)67-51(81)27-65)60(89)77-52(34(5)8-3)62(91)72-44(56(85)69-41)26-36-28-66-40-18-13-12-15-38(36)40/h12-13,15,18,20-23,28,34,39,41-50,52,66,79-80H,6-11,14,16-17,19,24-27,29-33,65H2,1-5H3,(H,67,81)(H,68,90)(H,69,85)(H,70,86)(H,71,83)(H,72,91)(H,73,88)(H,74,82)(H,75,87)(H,76,84)(H,77,89)(H,93,94)/t34-,39+,41+,42+,43+,44+,45+,46+,47+,48+,49+,50+,52+/m1/s1. The molecule has 3 aliphatic rings. The third-order valence-corrected chi connectivity index (χ3v) is 21.8. The summed E-state index contributed by atoms with van der Waals surface area (Å²) in [5, 5.41) is 61.3. The normalized spacial score (nSPS) is 26.7. The fraction of sp³-hybridized carbons (Fsp3) is 0.578. The van der Waals surface area contributed by atoms with Crippen LogP contribution in [0.15, 0.2) is 54.7 Å². The summed E-state index contributed by atoms with van der Waals surface area (Å²) in [6.07, 6.45) is 3.99. The van der Waals surface area contributed by atoms with Crippen LogP contribution in [0.25, 0.3) is 10.9 Å². The largest absolute Gasteiger partial charge is 0.508 e. The number of aliphatic hydroxyl groups is 1. The number of fused-ring (bicyclic) bond motifs is 10. The van der Waals surface area contributed by atoms with E-state index in [-0.39, 0.29) is 68.7 Å². The zero-order chi connectivity index (χ0) is 71.6. The molecule has 0 unspecified atom stereocenters. The molecule has 0 spiro atoms. The van der Waals surface area contributed by atoms with E-state index in [1.807, 2.05) is 26.0 Å². The summed E-state index contributed by atoms with van der Waals surface area (Å²) in [5.41, 5.74) is 7.40. The topological polar surface area (TPSA) is 460 Å². The molecule has 12 amide bonds. The fourth-order valence-corrected chi connectivity index (χ4v) is 15.7. The van der Waals surface area contributed by atoms with Crippen molar-refractivity contribution in [2.24, 2.45) is 11.7 Å². The third-order valence-electron chi connectivity index (χ3n) is 17.0. The van der Waals surface area contributed by atoms with Gasteiger partial charge in [0.1, 0.15) is 78.3 Å². The number of carbonyl (C=O) groups is 13. The summed E-state index contributed by atoms with van der Waals surface area (Å²) in [6, 6.07) is -4.76. The number of aromatic hydroxyl groups is 1. The van der Waals surface area contributed by atoms with E-state index in [0.717, 1.165) is 43.2 Å². The lowest BCUT2D eigenvalue weighted by atomic mass is 9.96. The maximum Gasteiger partial charge on any atom is 0.327 e. The van der Waals surface area contributed by atoms with Gasteiger partial charge in [0.2, 0.25) is 70.9 Å². The number of aliphatic hydroxyl groups excluding tert-OH is 1. The maximum absolute atomic E-state index is 15.1. The predicted molar refractivity (Wildman–Crippen MR) is 372 cm³/mol. The highest BCUT2D eigenvalue weighted by atomic mass is 33.1. The van der Waals surface area contributed by atoms with Gasteiger partial charge in [-0.15, -0.1) is 0 Å². The third kappa shape index (κ3) is 23.2. The van der Waals surface area contributed by atoms with Gasteiger partial charge in [-0.25, -0.2) is 4.79 Å². The van der Waals surface area contributed by atoms with Crippen molar-refractivity contribution in [3.8, 4) is 5.75 Å². The molecule has 34 heteroatoms. The summed E-state index contributed by atoms with van der Waals surface area (Å²) in [6.45, 7) is 7.20. The highest BCUT2D eigenvalue weighted by Gasteiger charge is 2.42. The quantitative estimate of drug-likeness (QED) is 0.0768. The van der Waals surface area contributed by atoms with Crippen molar-refractivity contribution in [1.82, 2.24) is 68.4 Å². The van der Waals surface area contributed by atoms with Crippen LogP contribution >= 0.6 is 43.2 Å². The Hall–Kier alpha value is -7.79. The number of aromatic amines is 1. The lowest BCUT2D eigenvalue weighted by Gasteiger charge is -2.31. The SMILES string of the molecule is CCCC[C@@H]1NC(=O)[C@H](Cc2c[nH]c3ccccc23)NC(=O)[C@H]([C@H](C)CC)NC(=O)[C@@H]2CSSC[C@H](NC(=O)CN)C(=O)N[C@@H](CSSC[C@@H](C(=O)O)NC(=O)[C@H](Cc3ccc(O)cc3)NC1=O)C(=O)N[C@@H](CO)C(=O)N[C@@H](CCCC)C(=O)N1CCC[C@H]1C(=O)N[C@@H](CC)C(=O)N2. The van der Waals surface area contributed by atoms with E-state index in [9.17, 15) is 63.3 Å². The van der Waals surface area contributed by atoms with Crippen LogP contribution in [0.2, 0.25) is 0 Å². The fourth-order valence-electron chi connectivity index (χ4n) is 11.0. The number of amides is 12. The first-order valence-corrected chi connectivity index (χ1v) is 37.9. The van der Waals surface area contributed by atoms with Crippen molar-refractivity contribution >= 4 is 131 Å². The summed E-state index contributed by atoms with van der Waals surface area (Å²) in [7, 11) is 3.56. The van der Waals surface area contributed by atoms with E-state index in [2.05, 4.69) is 63.5 Å². The summed E-state index contributed by atoms with van der Waals surface area (Å²) < 4.78 is 0. The Morgan fingerprint density at radius 2 is 1.14 bits per heavy atom. The van der Waals surface area contributed by atoms with Crippen LogP contribution in [-0.2, 0) is 75.2 Å². The minimum Gasteiger partial charge on any atom is -0.508 e. The first-order chi connectivity index (χ1) is 46.9. The van der Waals surface area contributed by atoms with Crippen molar-refractivity contribution in [1.29, 1.82) is 0 Å². The molecule has 4 heterocycles. The average molecular weight is 1440 g/mol. The number of aliphatic carboxylic acids is 1. The lowest BCUT2D eigenvalue weighted by molar-refractivity contribution is -0.143. The van der Waals surface area contributed by atoms with Gasteiger partial charge in [-0.3, -0.25) is 57.5 Å². The first kappa shape index (κ1) is 79.2. The van der Waals surface area contributed by atoms with Crippen molar-refractivity contribution in [3.63, 3.8) is 0 Å². The van der Waals surface area contributed by atoms with Gasteiger partial charge in [0.25, 0.3) is 0 Å². The predicted octanol–water partition coefficient (Wildman–Crippen LogP) is -0.355. The number of phenols is 1. The second kappa shape index (κ2) is 39.7. The van der Waals surface area contributed by atoms with Crippen molar-refractivity contribution < 1.29 is 77.6 Å². The number of carboxylic acids is 1. The molecule has 3 aliphatic heterocycles. The monoisotopic (exact) mass is 1440 g/mol. The molecule has 0 aliphatic carbocycles. The lowest BCUT2D eigenvalue weighted by Crippen LogP contribution is -2.62. The van der Waals surface area contributed by atoms with Gasteiger partial charge in [0.15, 0.2) is 0 Å². The van der Waals surface area contributed by atoms with Crippen LogP contribution < -0.4 is 64.2 Å². The second-order valence-corrected chi connectivity index (χ2v) is 29.3. The highest BCUT2D eigenvalue weighted by molar-refractivity contribution is 8.77. The zero-order valence-electron chi connectivity index (χ0n) is 55.4. The molecule has 538 valence electrons. The number of carboxylic acid groups (broad SMARTS) is 1. The molecular formula is C64H92N14O16S4. The second-order valence-electron chi connectivity index (χ2n) is 24.2. The van der Waals surface area contributed by atoms with Crippen LogP contribution in [0.1, 0.15) is 110 Å². The molecule has 13 atom stereocenters. The summed E-state index contributed by atoms with van der Waals surface area (Å²) in [5.74, 6) is -14.2. The van der Waals surface area contributed by atoms with Gasteiger partial charge in [-0.1, -0.05) is 140 Å². The molecule has 0 radical (unpaired) electrons. The van der Waals surface area contributed by atoms with Gasteiger partial charge in [-0.05, 0) is 67.3 Å². The van der Waals surface area contributed by atoms with E-state index >= 15 is 14.4 Å². The molecule has 6 rings (SSSR count). The van der Waals surface area contributed by atoms with Gasteiger partial charge < -0.3 is 89.4 Å². The molecule has 3 fully saturated rings. The van der Waals surface area contributed by atoms with E-state index in [1.54, 1.807) is 39.1 Å². The Morgan fingerprint density at radius 3 is 1.79 bits per heavy atom. The van der Waals surface area contributed by atoms with Crippen LogP contribution in [-0.4, -0.2) is 217 Å². The van der Waals surface area contributed by atoms with Crippen LogP contribution in [0.5, 0.6) is 5.75 Å². The maximum atomic E-state index is 15.1. The number of nitrogens with two attached hydrogens (primary N) is 1. The van der Waals surface area contributed by atoms with E-state index in [0.29, 0.717) is 54.1 Å². The number of H-pyrrole nitrogens is 1. The smallest absolute Gasteiger partial charge is 0.327 e. The van der Waals surface area contributed by atoms with E-state index in [4.69, 9.17) is 5.73 Å². The Kier molecular flexibility index (Phi) is 32.1. The number of nitrogens with zero attached hydrogens (tertiary/aromatic N) is 1. The molecular weight excluding hydrogens is 1350 g/mol. The number of para-hydroxylation sites is 1. The molecule has 17 N–H and O–H groups in total. The van der Waals surface area contributed by atoms with E-state index < -0.39 is 180 Å². The number of hydrogen-bond acceptors (Lipinski definition) is 20. The van der Waals surface area contributed by atoms with E-state index in [1.165, 1.54) is 29.2 Å². The Labute approximate surface area is 584 Å². The Balaban J connectivity index is 1.49. The number of benzene rings is 2. The summed E-state index contributed by atoms with van der Waals surface area (Å²) >= 11 is 0. The molecule has 3 aromatic rings. The molecule has 98 heavy (non-hydrogen) atoms. The van der Waals surface area contributed by atoms with Crippen molar-refractivity contribution in [3.05, 3.63) is 65.9 Å². The van der Waals surface area contributed by atoms with Gasteiger partial charge in [0.05, 0.1) is 13.2 Å². The first-order valence-electron chi connectivity index (χ1n) is 32.9. The van der Waals surface area contributed by atoms with Gasteiger partial charge in [-0.2, -0.15) is 0 Å². The number of unbranched alkanes of at least 4 members (excludes halogenated alkanes) is 2. The molecule has 1 aromatic heterocycles. The number of rotatable bonds is 17.